The lowest BCUT2D eigenvalue weighted by molar-refractivity contribution is -0.295. The number of ether oxygens (including phenoxy) is 7. The predicted molar refractivity (Wildman–Crippen MR) is 270 cm³/mol. The summed E-state index contributed by atoms with van der Waals surface area (Å²) in [6, 6.07) is 5.46. The molecule has 1 unspecified atom stereocenters. The maximum absolute atomic E-state index is 15.1. The van der Waals surface area contributed by atoms with Gasteiger partial charge in [-0.05, 0) is 98.9 Å². The Morgan fingerprint density at radius 1 is 0.929 bits per heavy atom. The van der Waals surface area contributed by atoms with Crippen molar-refractivity contribution in [2.24, 2.45) is 29.6 Å². The number of aliphatic hydroxyl groups is 1. The van der Waals surface area contributed by atoms with Crippen LogP contribution in [0.4, 0.5) is 5.69 Å². The van der Waals surface area contributed by atoms with Crippen LogP contribution in [0.25, 0.3) is 0 Å². The molecule has 4 aliphatic rings. The molecule has 6 rings (SSSR count). The zero-order valence-corrected chi connectivity index (χ0v) is 45.2. The normalized spacial score (nSPS) is 34.7. The van der Waals surface area contributed by atoms with Crippen molar-refractivity contribution in [1.82, 2.24) is 9.88 Å². The maximum atomic E-state index is 15.1. The van der Waals surface area contributed by atoms with Gasteiger partial charge in [-0.1, -0.05) is 50.9 Å². The third kappa shape index (κ3) is 12.1. The molecule has 1 aromatic carbocycles. The molecular weight excluding hydrogens is 962 g/mol. The lowest BCUT2D eigenvalue weighted by Crippen LogP contribution is -2.59. The fourth-order valence-electron chi connectivity index (χ4n) is 11.3. The van der Waals surface area contributed by atoms with Crippen molar-refractivity contribution in [3.8, 4) is 11.5 Å². The number of hydrogen-bond acceptors (Lipinski definition) is 16. The molecule has 4 fully saturated rings. The van der Waals surface area contributed by atoms with Crippen molar-refractivity contribution in [3.63, 3.8) is 0 Å². The first-order valence-electron chi connectivity index (χ1n) is 24.8. The lowest BCUT2D eigenvalue weighted by atomic mass is 9.70. The highest BCUT2D eigenvalue weighted by Crippen LogP contribution is 2.49. The lowest BCUT2D eigenvalue weighted by Gasteiger charge is -2.47. The number of aliphatic hydroxyl groups excluding tert-OH is 1. The molecule has 1 saturated carbocycles. The van der Waals surface area contributed by atoms with Crippen molar-refractivity contribution >= 4 is 64.2 Å². The number of cyclic esters (lactones) is 1. The van der Waals surface area contributed by atoms with Crippen LogP contribution >= 0.6 is 35.0 Å². The van der Waals surface area contributed by atoms with E-state index in [1.165, 1.54) is 25.8 Å². The minimum absolute atomic E-state index is 0.0777. The highest BCUT2D eigenvalue weighted by molar-refractivity contribution is 8.00. The van der Waals surface area contributed by atoms with Crippen LogP contribution in [0.5, 0.6) is 11.5 Å². The number of aromatic nitrogens is 1. The Morgan fingerprint density at radius 3 is 2.21 bits per heavy atom. The van der Waals surface area contributed by atoms with Crippen LogP contribution in [0.15, 0.2) is 30.6 Å². The van der Waals surface area contributed by atoms with Crippen LogP contribution in [-0.2, 0) is 49.4 Å². The van der Waals surface area contributed by atoms with Crippen molar-refractivity contribution in [2.75, 3.05) is 45.5 Å². The summed E-state index contributed by atoms with van der Waals surface area (Å²) < 4.78 is 43.9. The van der Waals surface area contributed by atoms with Crippen LogP contribution in [-0.4, -0.2) is 138 Å². The van der Waals surface area contributed by atoms with Gasteiger partial charge < -0.3 is 48.1 Å². The van der Waals surface area contributed by atoms with Gasteiger partial charge in [0.1, 0.15) is 29.2 Å². The summed E-state index contributed by atoms with van der Waals surface area (Å²) >= 11 is 14.8. The number of likely N-dealkylation sites (N-methyl/N-ethyl adjacent to an activating group) is 1. The Bertz CT molecular complexity index is 2150. The fraction of sp³-hybridized carbons (Fsp3) is 0.712. The summed E-state index contributed by atoms with van der Waals surface area (Å²) in [5.74, 6) is -4.85. The summed E-state index contributed by atoms with van der Waals surface area (Å²) in [5, 5.41) is 11.5. The van der Waals surface area contributed by atoms with Crippen molar-refractivity contribution < 1.29 is 57.4 Å². The largest absolute Gasteiger partial charge is 0.493 e. The van der Waals surface area contributed by atoms with E-state index in [0.717, 1.165) is 31.4 Å². The molecule has 18 heteroatoms. The maximum Gasteiger partial charge on any atom is 0.320 e. The Hall–Kier alpha value is -3.22. The molecule has 15 nitrogen and oxygen atoms in total. The van der Waals surface area contributed by atoms with E-state index in [9.17, 15) is 19.5 Å². The van der Waals surface area contributed by atoms with E-state index in [-0.39, 0.29) is 36.9 Å². The van der Waals surface area contributed by atoms with Crippen LogP contribution in [0.1, 0.15) is 106 Å². The number of benzene rings is 1. The number of thioether (sulfide) groups is 1. The zero-order valence-electron chi connectivity index (χ0n) is 42.9. The molecule has 2 aromatic rings. The van der Waals surface area contributed by atoms with E-state index in [0.29, 0.717) is 52.4 Å². The highest BCUT2D eigenvalue weighted by Gasteiger charge is 2.61. The van der Waals surface area contributed by atoms with Crippen LogP contribution < -0.4 is 14.4 Å². The van der Waals surface area contributed by atoms with Crippen LogP contribution in [0, 0.1) is 29.6 Å². The van der Waals surface area contributed by atoms with E-state index in [1.807, 2.05) is 64.9 Å². The second-order valence-corrected chi connectivity index (χ2v) is 22.5. The monoisotopic (exact) mass is 1040 g/mol. The molecule has 390 valence electrons. The van der Waals surface area contributed by atoms with Gasteiger partial charge >= 0.3 is 11.9 Å². The van der Waals surface area contributed by atoms with Gasteiger partial charge in [-0.15, -0.1) is 11.8 Å². The van der Waals surface area contributed by atoms with Gasteiger partial charge in [0.25, 0.3) is 0 Å². The summed E-state index contributed by atoms with van der Waals surface area (Å²) in [4.78, 5) is 66.4. The predicted octanol–water partition coefficient (Wildman–Crippen LogP) is 8.38. The van der Waals surface area contributed by atoms with Crippen molar-refractivity contribution in [3.05, 3.63) is 46.2 Å². The Kier molecular flexibility index (Phi) is 19.0. The topological polar surface area (TPSA) is 172 Å². The quantitative estimate of drug-likeness (QED) is 0.133. The number of hydrogen-bond donors (Lipinski definition) is 1. The van der Waals surface area contributed by atoms with Crippen molar-refractivity contribution in [2.45, 2.75) is 166 Å². The smallest absolute Gasteiger partial charge is 0.320 e. The van der Waals surface area contributed by atoms with Gasteiger partial charge in [0.2, 0.25) is 0 Å². The molecule has 3 saturated heterocycles. The first-order chi connectivity index (χ1) is 33.1. The second-order valence-electron chi connectivity index (χ2n) is 20.5. The number of Topliss-reactive ketones (excluding diaryl/α,β-unsaturated/α-hetero) is 2. The number of esters is 2. The summed E-state index contributed by atoms with van der Waals surface area (Å²) in [6.07, 6.45) is 3.58. The molecule has 14 atom stereocenters. The number of ketones is 2. The van der Waals surface area contributed by atoms with E-state index < -0.39 is 88.4 Å². The molecular formula is C52H75Cl2N3O12S. The van der Waals surface area contributed by atoms with E-state index in [1.54, 1.807) is 40.3 Å². The summed E-state index contributed by atoms with van der Waals surface area (Å²) in [7, 11) is 6.84. The number of nitrogens with zero attached hydrogens (tertiary/aromatic N) is 3. The average Bonchev–Trinajstić information content (AvgIpc) is 3.93. The van der Waals surface area contributed by atoms with Crippen LogP contribution in [0.3, 0.4) is 0 Å². The molecule has 1 N–H and O–H groups in total. The number of anilines is 1. The number of carbonyl (C=O) groups excluding carboxylic acids is 4. The fourth-order valence-corrected chi connectivity index (χ4v) is 13.2. The molecule has 4 heterocycles. The zero-order chi connectivity index (χ0) is 51.4. The minimum Gasteiger partial charge on any atom is -0.493 e. The van der Waals surface area contributed by atoms with E-state index in [2.05, 4.69) is 9.88 Å². The Morgan fingerprint density at radius 2 is 1.60 bits per heavy atom. The van der Waals surface area contributed by atoms with Gasteiger partial charge in [0.15, 0.2) is 29.2 Å². The van der Waals surface area contributed by atoms with Crippen LogP contribution in [0.2, 0.25) is 10.0 Å². The van der Waals surface area contributed by atoms with Gasteiger partial charge in [-0.25, -0.2) is 0 Å². The molecule has 3 aliphatic heterocycles. The minimum atomic E-state index is -1.45. The highest BCUT2D eigenvalue weighted by atomic mass is 35.5. The SMILES string of the molecule is CC[C@H]1OC(=O)[C@H](C)C(=O)[C@H](C)[C@@H](O[C@@H]2O[C@H](C)C[C@H](N(C)C)[C@H]2O)[C@](C)(OC)C[C@@H](C)C(=O)[C@H](C)[C@H]2C(SCCN(Cc3c(Cl)cncc3Cl)c3ccc(OC)c(OC4CCCC4)c3)C(=O)O[C@@]21C. The average molecular weight is 1040 g/mol. The van der Waals surface area contributed by atoms with E-state index in [4.69, 9.17) is 56.4 Å². The third-order valence-corrected chi connectivity index (χ3v) is 17.3. The first kappa shape index (κ1) is 56.1. The molecule has 0 spiro atoms. The summed E-state index contributed by atoms with van der Waals surface area (Å²) in [6.45, 7) is 14.7. The molecule has 0 bridgehead atoms. The third-order valence-electron chi connectivity index (χ3n) is 15.4. The molecule has 1 aromatic heterocycles. The Balaban J connectivity index is 1.33. The number of pyridine rings is 1. The molecule has 70 heavy (non-hydrogen) atoms. The number of halogens is 2. The van der Waals surface area contributed by atoms with Gasteiger partial charge in [0.05, 0.1) is 41.1 Å². The standard InChI is InChI=1S/C52H75Cl2N3O12S/c1-13-41-52(8)42(30(4)43(58)28(2)24-51(7,64-12)47(31(5)44(59)32(6)48(61)67-41)68-50-45(60)38(56(9)10)22-29(3)65-50)46(49(62)69-52)70-21-20-57(27-35-36(53)25-55-26-37(35)54)33-18-19-39(63-11)40(23-33)66-34-16-14-15-17-34/h18-19,23,25-26,28-32,34,38,41-42,45-47,50,60H,13-17,20-22,24,27H2,1-12H3/t28-,29-,30-,31+,32-,38+,41-,42+,45-,46?,47-,50+,51-,52-/m1/s1. The number of rotatable bonds is 15. The summed E-state index contributed by atoms with van der Waals surface area (Å²) in [5.41, 5.74) is -1.28. The van der Waals surface area contributed by atoms with E-state index >= 15 is 4.79 Å². The number of fused-ring (bicyclic) bond motifs is 1. The Labute approximate surface area is 428 Å². The number of carbonyl (C=O) groups is 4. The molecule has 1 aliphatic carbocycles. The van der Waals surface area contributed by atoms with Gasteiger partial charge in [0, 0.05) is 85.4 Å². The van der Waals surface area contributed by atoms with Gasteiger partial charge in [-0.3, -0.25) is 24.2 Å². The molecule has 0 amide bonds. The number of methoxy groups -OCH3 is 2. The second kappa shape index (κ2) is 23.8. The molecule has 0 radical (unpaired) electrons. The first-order valence-corrected chi connectivity index (χ1v) is 26.6. The van der Waals surface area contributed by atoms with Crippen molar-refractivity contribution in [1.29, 1.82) is 0 Å². The van der Waals surface area contributed by atoms with Gasteiger partial charge in [-0.2, -0.15) is 0 Å².